The van der Waals surface area contributed by atoms with E-state index in [1.165, 1.54) is 18.4 Å². The highest BCUT2D eigenvalue weighted by Crippen LogP contribution is 2.36. The topological polar surface area (TPSA) is 73.8 Å². The average Bonchev–Trinajstić information content (AvgIpc) is 2.86. The van der Waals surface area contributed by atoms with Gasteiger partial charge in [-0.1, -0.05) is 0 Å². The van der Waals surface area contributed by atoms with Gasteiger partial charge in [-0.2, -0.15) is 5.10 Å². The van der Waals surface area contributed by atoms with Crippen molar-refractivity contribution >= 4 is 5.91 Å². The molecule has 5 heteroatoms. The van der Waals surface area contributed by atoms with Crippen LogP contribution in [-0.4, -0.2) is 20.7 Å². The second kappa shape index (κ2) is 6.75. The van der Waals surface area contributed by atoms with Crippen molar-refractivity contribution in [1.82, 2.24) is 14.8 Å². The molecule has 1 aliphatic rings. The third-order valence-electron chi connectivity index (χ3n) is 5.33. The summed E-state index contributed by atoms with van der Waals surface area (Å²) >= 11 is 0. The zero-order valence-electron chi connectivity index (χ0n) is 14.7. The molecule has 24 heavy (non-hydrogen) atoms. The van der Waals surface area contributed by atoms with Crippen LogP contribution in [0, 0.1) is 26.7 Å². The molecular weight excluding hydrogens is 300 g/mol. The smallest absolute Gasteiger partial charge is 0.250 e. The maximum Gasteiger partial charge on any atom is 0.250 e. The van der Waals surface area contributed by atoms with Gasteiger partial charge < -0.3 is 5.73 Å². The Kier molecular flexibility index (Phi) is 4.69. The molecule has 2 N–H and O–H groups in total. The summed E-state index contributed by atoms with van der Waals surface area (Å²) in [5.74, 6) is 0.766. The number of nitrogens with two attached hydrogens (primary N) is 1. The number of aryl methyl sites for hydroxylation is 3. The third kappa shape index (κ3) is 3.50. The van der Waals surface area contributed by atoms with Gasteiger partial charge in [0.05, 0.1) is 11.3 Å². The first kappa shape index (κ1) is 16.7. The van der Waals surface area contributed by atoms with Gasteiger partial charge in [0.1, 0.15) is 0 Å². The van der Waals surface area contributed by atoms with Crippen LogP contribution in [0.2, 0.25) is 0 Å². The van der Waals surface area contributed by atoms with Crippen LogP contribution >= 0.6 is 0 Å². The highest BCUT2D eigenvalue weighted by Gasteiger charge is 2.24. The molecule has 1 saturated carbocycles. The summed E-state index contributed by atoms with van der Waals surface area (Å²) in [5.41, 5.74) is 10.2. The lowest BCUT2D eigenvalue weighted by Gasteiger charge is -2.28. The zero-order chi connectivity index (χ0) is 17.3. The molecule has 0 aromatic carbocycles. The minimum absolute atomic E-state index is 0.389. The second-order valence-electron chi connectivity index (χ2n) is 7.10. The number of primary amides is 1. The zero-order valence-corrected chi connectivity index (χ0v) is 14.7. The number of rotatable bonds is 4. The number of hydrogen-bond acceptors (Lipinski definition) is 3. The SMILES string of the molecule is Cc1cn(C[C@H]2CC[C@H](c3cnc(C)c(C(N)=O)c3)CC2)nc1C. The first-order valence-electron chi connectivity index (χ1n) is 8.71. The van der Waals surface area contributed by atoms with Gasteiger partial charge in [-0.05, 0) is 75.5 Å². The van der Waals surface area contributed by atoms with Crippen molar-refractivity contribution in [3.8, 4) is 0 Å². The van der Waals surface area contributed by atoms with Gasteiger partial charge in [0.25, 0.3) is 5.91 Å². The van der Waals surface area contributed by atoms with Gasteiger partial charge in [0.2, 0.25) is 0 Å². The van der Waals surface area contributed by atoms with E-state index in [1.54, 1.807) is 0 Å². The van der Waals surface area contributed by atoms with E-state index in [0.717, 1.165) is 30.6 Å². The fourth-order valence-electron chi connectivity index (χ4n) is 3.68. The Bertz CT molecular complexity index is 722. The van der Waals surface area contributed by atoms with Gasteiger partial charge in [0.15, 0.2) is 0 Å². The number of carbonyl (C=O) groups is 1. The lowest BCUT2D eigenvalue weighted by Crippen LogP contribution is -2.19. The minimum Gasteiger partial charge on any atom is -0.366 e. The van der Waals surface area contributed by atoms with E-state index >= 15 is 0 Å². The molecule has 2 aromatic heterocycles. The Morgan fingerprint density at radius 1 is 1.21 bits per heavy atom. The highest BCUT2D eigenvalue weighted by molar-refractivity contribution is 5.93. The van der Waals surface area contributed by atoms with Gasteiger partial charge in [-0.15, -0.1) is 0 Å². The molecule has 1 aliphatic carbocycles. The fourth-order valence-corrected chi connectivity index (χ4v) is 3.68. The van der Waals surface area contributed by atoms with Crippen LogP contribution in [0.25, 0.3) is 0 Å². The molecule has 2 aromatic rings. The van der Waals surface area contributed by atoms with E-state index in [4.69, 9.17) is 5.73 Å². The van der Waals surface area contributed by atoms with Crippen LogP contribution < -0.4 is 5.73 Å². The maximum absolute atomic E-state index is 11.5. The molecule has 3 rings (SSSR count). The van der Waals surface area contributed by atoms with Crippen molar-refractivity contribution < 1.29 is 4.79 Å². The van der Waals surface area contributed by atoms with E-state index in [-0.39, 0.29) is 5.91 Å². The minimum atomic E-state index is -0.389. The number of amides is 1. The Morgan fingerprint density at radius 3 is 2.50 bits per heavy atom. The maximum atomic E-state index is 11.5. The van der Waals surface area contributed by atoms with Crippen LogP contribution in [0.5, 0.6) is 0 Å². The van der Waals surface area contributed by atoms with Crippen molar-refractivity contribution in [1.29, 1.82) is 0 Å². The fraction of sp³-hybridized carbons (Fsp3) is 0.526. The van der Waals surface area contributed by atoms with Crippen LogP contribution in [0.15, 0.2) is 18.5 Å². The predicted octanol–water partition coefficient (Wildman–Crippen LogP) is 3.28. The van der Waals surface area contributed by atoms with Crippen molar-refractivity contribution in [3.05, 3.63) is 46.5 Å². The molecule has 2 heterocycles. The Balaban J connectivity index is 1.62. The molecule has 128 valence electrons. The van der Waals surface area contributed by atoms with Crippen LogP contribution in [0.1, 0.15) is 64.5 Å². The molecule has 1 fully saturated rings. The first-order chi connectivity index (χ1) is 11.4. The molecule has 0 aliphatic heterocycles. The summed E-state index contributed by atoms with van der Waals surface area (Å²) in [6.07, 6.45) is 8.68. The standard InChI is InChI=1S/C19H26N4O/c1-12-10-23(22-13(12)2)11-15-4-6-16(7-5-15)17-8-18(19(20)24)14(3)21-9-17/h8-10,15-16H,4-7,11H2,1-3H3,(H2,20,24)/t15-,16-. The van der Waals surface area contributed by atoms with E-state index in [1.807, 2.05) is 19.2 Å². The number of hydrogen-bond donors (Lipinski definition) is 1. The van der Waals surface area contributed by atoms with E-state index in [9.17, 15) is 4.79 Å². The van der Waals surface area contributed by atoms with Gasteiger partial charge in [0, 0.05) is 24.6 Å². The number of pyridine rings is 1. The average molecular weight is 326 g/mol. The lowest BCUT2D eigenvalue weighted by molar-refractivity contribution is 0.0999. The van der Waals surface area contributed by atoms with Gasteiger partial charge in [-0.3, -0.25) is 14.5 Å². The Labute approximate surface area is 143 Å². The summed E-state index contributed by atoms with van der Waals surface area (Å²) in [5, 5.41) is 4.58. The molecule has 0 unspecified atom stereocenters. The van der Waals surface area contributed by atoms with Crippen molar-refractivity contribution in [2.75, 3.05) is 0 Å². The summed E-state index contributed by atoms with van der Waals surface area (Å²) in [6, 6.07) is 1.94. The first-order valence-corrected chi connectivity index (χ1v) is 8.71. The van der Waals surface area contributed by atoms with Crippen LogP contribution in [0.3, 0.4) is 0 Å². The van der Waals surface area contributed by atoms with Gasteiger partial charge in [-0.25, -0.2) is 0 Å². The van der Waals surface area contributed by atoms with Gasteiger partial charge >= 0.3 is 0 Å². The van der Waals surface area contributed by atoms with E-state index in [2.05, 4.69) is 34.8 Å². The molecule has 0 spiro atoms. The highest BCUT2D eigenvalue weighted by atomic mass is 16.1. The molecule has 0 bridgehead atoms. The monoisotopic (exact) mass is 326 g/mol. The van der Waals surface area contributed by atoms with E-state index in [0.29, 0.717) is 23.1 Å². The third-order valence-corrected chi connectivity index (χ3v) is 5.33. The van der Waals surface area contributed by atoms with E-state index < -0.39 is 0 Å². The molecule has 5 nitrogen and oxygen atoms in total. The van der Waals surface area contributed by atoms with Crippen LogP contribution in [0.4, 0.5) is 0 Å². The predicted molar refractivity (Wildman–Crippen MR) is 93.9 cm³/mol. The quantitative estimate of drug-likeness (QED) is 0.937. The Hall–Kier alpha value is -2.17. The molecule has 1 amide bonds. The summed E-state index contributed by atoms with van der Waals surface area (Å²) in [7, 11) is 0. The van der Waals surface area contributed by atoms with Crippen molar-refractivity contribution in [2.45, 2.75) is 58.9 Å². The summed E-state index contributed by atoms with van der Waals surface area (Å²) in [4.78, 5) is 15.9. The molecular formula is C19H26N4O. The normalized spacial score (nSPS) is 21.0. The summed E-state index contributed by atoms with van der Waals surface area (Å²) in [6.45, 7) is 6.99. The number of carbonyl (C=O) groups excluding carboxylic acids is 1. The number of aromatic nitrogens is 3. The molecule has 0 saturated heterocycles. The lowest BCUT2D eigenvalue weighted by atomic mass is 9.79. The largest absolute Gasteiger partial charge is 0.366 e. The molecule has 0 radical (unpaired) electrons. The number of nitrogens with zero attached hydrogens (tertiary/aromatic N) is 3. The van der Waals surface area contributed by atoms with Crippen molar-refractivity contribution in [2.24, 2.45) is 11.7 Å². The van der Waals surface area contributed by atoms with Crippen LogP contribution in [-0.2, 0) is 6.54 Å². The Morgan fingerprint density at radius 2 is 1.92 bits per heavy atom. The summed E-state index contributed by atoms with van der Waals surface area (Å²) < 4.78 is 2.09. The second-order valence-corrected chi connectivity index (χ2v) is 7.10. The van der Waals surface area contributed by atoms with Crippen molar-refractivity contribution in [3.63, 3.8) is 0 Å². The molecule has 0 atom stereocenters.